The number of aryl methyl sites for hydroxylation is 1. The van der Waals surface area contributed by atoms with Crippen molar-refractivity contribution in [3.8, 4) is 0 Å². The molecule has 1 N–H and O–H groups in total. The first-order valence-corrected chi connectivity index (χ1v) is 7.92. The van der Waals surface area contributed by atoms with E-state index in [2.05, 4.69) is 44.9 Å². The molecule has 0 amide bonds. The molecule has 18 heavy (non-hydrogen) atoms. The van der Waals surface area contributed by atoms with Crippen molar-refractivity contribution in [1.82, 2.24) is 4.57 Å². The lowest BCUT2D eigenvalue weighted by Gasteiger charge is -2.20. The van der Waals surface area contributed by atoms with E-state index >= 15 is 0 Å². The molecule has 1 aliphatic carbocycles. The second kappa shape index (κ2) is 4.83. The van der Waals surface area contributed by atoms with E-state index in [9.17, 15) is 5.11 Å². The number of hydrogen-bond acceptors (Lipinski definition) is 2. The highest BCUT2D eigenvalue weighted by Crippen LogP contribution is 2.33. The first-order valence-electron chi connectivity index (χ1n) is 6.25. The molecule has 0 spiro atoms. The Kier molecular flexibility index (Phi) is 3.34. The van der Waals surface area contributed by atoms with Crippen molar-refractivity contribution in [3.05, 3.63) is 43.8 Å². The Morgan fingerprint density at radius 2 is 2.33 bits per heavy atom. The van der Waals surface area contributed by atoms with Gasteiger partial charge in [-0.1, -0.05) is 0 Å². The van der Waals surface area contributed by atoms with Crippen molar-refractivity contribution >= 4 is 27.3 Å². The van der Waals surface area contributed by atoms with Gasteiger partial charge in [-0.3, -0.25) is 0 Å². The lowest BCUT2D eigenvalue weighted by molar-refractivity contribution is 0.156. The minimum atomic E-state index is -0.260. The predicted molar refractivity (Wildman–Crippen MR) is 78.2 cm³/mol. The predicted octanol–water partition coefficient (Wildman–Crippen LogP) is 4.04. The first kappa shape index (κ1) is 12.5. The molecule has 2 heterocycles. The van der Waals surface area contributed by atoms with E-state index in [-0.39, 0.29) is 6.10 Å². The number of aliphatic hydroxyl groups is 1. The third kappa shape index (κ3) is 2.17. The monoisotopic (exact) mass is 325 g/mol. The topological polar surface area (TPSA) is 25.2 Å². The Balaban J connectivity index is 1.97. The SMILES string of the molecule is Cc1cc2c(n1Cc1cc(Br)cs1)CCCC2O. The van der Waals surface area contributed by atoms with Gasteiger partial charge in [0.05, 0.1) is 12.6 Å². The quantitative estimate of drug-likeness (QED) is 0.885. The van der Waals surface area contributed by atoms with Crippen LogP contribution in [-0.4, -0.2) is 9.67 Å². The molecular weight excluding hydrogens is 310 g/mol. The molecule has 0 saturated heterocycles. The molecule has 0 bridgehead atoms. The molecular formula is C14H16BrNOS. The highest BCUT2D eigenvalue weighted by molar-refractivity contribution is 9.10. The molecule has 1 unspecified atom stereocenters. The fourth-order valence-electron chi connectivity index (χ4n) is 2.75. The van der Waals surface area contributed by atoms with Crippen molar-refractivity contribution in [2.24, 2.45) is 0 Å². The van der Waals surface area contributed by atoms with Crippen LogP contribution >= 0.6 is 27.3 Å². The van der Waals surface area contributed by atoms with Gasteiger partial charge in [0.15, 0.2) is 0 Å². The van der Waals surface area contributed by atoms with Crippen molar-refractivity contribution < 1.29 is 5.11 Å². The van der Waals surface area contributed by atoms with Gasteiger partial charge < -0.3 is 9.67 Å². The van der Waals surface area contributed by atoms with Crippen LogP contribution in [0.4, 0.5) is 0 Å². The van der Waals surface area contributed by atoms with Crippen LogP contribution in [0.25, 0.3) is 0 Å². The van der Waals surface area contributed by atoms with Crippen LogP contribution in [-0.2, 0) is 13.0 Å². The molecule has 96 valence electrons. The molecule has 4 heteroatoms. The maximum atomic E-state index is 10.1. The van der Waals surface area contributed by atoms with Gasteiger partial charge in [-0.15, -0.1) is 11.3 Å². The number of nitrogens with zero attached hydrogens (tertiary/aromatic N) is 1. The molecule has 2 aromatic rings. The summed E-state index contributed by atoms with van der Waals surface area (Å²) in [4.78, 5) is 1.35. The molecule has 0 fully saturated rings. The highest BCUT2D eigenvalue weighted by atomic mass is 79.9. The summed E-state index contributed by atoms with van der Waals surface area (Å²) in [5.74, 6) is 0. The normalized spacial score (nSPS) is 18.9. The van der Waals surface area contributed by atoms with E-state index in [1.165, 1.54) is 16.3 Å². The maximum Gasteiger partial charge on any atom is 0.0807 e. The standard InChI is InChI=1S/C14H16BrNOS/c1-9-5-12-13(3-2-4-14(12)17)16(9)7-11-6-10(15)8-18-11/h5-6,8,14,17H,2-4,7H2,1H3. The third-order valence-electron chi connectivity index (χ3n) is 3.64. The molecule has 3 rings (SSSR count). The largest absolute Gasteiger partial charge is 0.388 e. The van der Waals surface area contributed by atoms with Gasteiger partial charge in [-0.05, 0) is 54.2 Å². The smallest absolute Gasteiger partial charge is 0.0807 e. The fourth-order valence-corrected chi connectivity index (χ4v) is 4.19. The Morgan fingerprint density at radius 3 is 3.06 bits per heavy atom. The van der Waals surface area contributed by atoms with Crippen LogP contribution in [0.15, 0.2) is 22.0 Å². The van der Waals surface area contributed by atoms with E-state index in [1.54, 1.807) is 11.3 Å². The second-order valence-electron chi connectivity index (χ2n) is 4.91. The average Bonchev–Trinajstić information content (AvgIpc) is 2.87. The first-order chi connectivity index (χ1) is 8.65. The highest BCUT2D eigenvalue weighted by Gasteiger charge is 2.23. The van der Waals surface area contributed by atoms with Gasteiger partial charge >= 0.3 is 0 Å². The van der Waals surface area contributed by atoms with E-state index in [4.69, 9.17) is 0 Å². The summed E-state index contributed by atoms with van der Waals surface area (Å²) in [5, 5.41) is 12.2. The molecule has 0 radical (unpaired) electrons. The van der Waals surface area contributed by atoms with Gasteiger partial charge in [0.1, 0.15) is 0 Å². The Labute approximate surface area is 119 Å². The summed E-state index contributed by atoms with van der Waals surface area (Å²) in [6.07, 6.45) is 2.82. The lowest BCUT2D eigenvalue weighted by atomic mass is 9.95. The van der Waals surface area contributed by atoms with Crippen LogP contribution < -0.4 is 0 Å². The number of thiophene rings is 1. The number of aliphatic hydroxyl groups excluding tert-OH is 1. The molecule has 0 saturated carbocycles. The molecule has 1 atom stereocenters. The lowest BCUT2D eigenvalue weighted by Crippen LogP contribution is -2.12. The van der Waals surface area contributed by atoms with Crippen LogP contribution in [0.1, 0.15) is 40.8 Å². The van der Waals surface area contributed by atoms with Crippen molar-refractivity contribution in [1.29, 1.82) is 0 Å². The summed E-state index contributed by atoms with van der Waals surface area (Å²) in [6.45, 7) is 3.05. The Hall–Kier alpha value is -0.580. The van der Waals surface area contributed by atoms with Crippen molar-refractivity contribution in [2.45, 2.75) is 38.8 Å². The summed E-state index contributed by atoms with van der Waals surface area (Å²) < 4.78 is 3.51. The van der Waals surface area contributed by atoms with Crippen molar-refractivity contribution in [3.63, 3.8) is 0 Å². The minimum Gasteiger partial charge on any atom is -0.388 e. The molecule has 1 aliphatic rings. The Morgan fingerprint density at radius 1 is 1.50 bits per heavy atom. The van der Waals surface area contributed by atoms with E-state index in [1.807, 2.05) is 0 Å². The van der Waals surface area contributed by atoms with Gasteiger partial charge in [-0.25, -0.2) is 0 Å². The zero-order valence-electron chi connectivity index (χ0n) is 10.3. The zero-order valence-corrected chi connectivity index (χ0v) is 12.7. The molecule has 0 aromatic carbocycles. The van der Waals surface area contributed by atoms with Gasteiger partial charge in [0.2, 0.25) is 0 Å². The fraction of sp³-hybridized carbons (Fsp3) is 0.429. The third-order valence-corrected chi connectivity index (χ3v) is 5.32. The van der Waals surface area contributed by atoms with Crippen LogP contribution in [0.5, 0.6) is 0 Å². The van der Waals surface area contributed by atoms with E-state index in [0.29, 0.717) is 0 Å². The maximum absolute atomic E-state index is 10.1. The second-order valence-corrected chi connectivity index (χ2v) is 6.82. The Bertz CT molecular complexity index is 572. The van der Waals surface area contributed by atoms with Gasteiger partial charge in [-0.2, -0.15) is 0 Å². The number of aromatic nitrogens is 1. The minimum absolute atomic E-state index is 0.260. The number of hydrogen-bond donors (Lipinski definition) is 1. The van der Waals surface area contributed by atoms with Crippen LogP contribution in [0, 0.1) is 6.92 Å². The molecule has 0 aliphatic heterocycles. The van der Waals surface area contributed by atoms with Gasteiger partial charge in [0.25, 0.3) is 0 Å². The van der Waals surface area contributed by atoms with Gasteiger partial charge in [0, 0.05) is 31.7 Å². The number of rotatable bonds is 2. The number of halogens is 1. The average molecular weight is 326 g/mol. The summed E-state index contributed by atoms with van der Waals surface area (Å²) in [6, 6.07) is 4.33. The summed E-state index contributed by atoms with van der Waals surface area (Å²) in [7, 11) is 0. The molecule has 2 nitrogen and oxygen atoms in total. The summed E-state index contributed by atoms with van der Waals surface area (Å²) in [5.41, 5.74) is 3.73. The van der Waals surface area contributed by atoms with Crippen LogP contribution in [0.3, 0.4) is 0 Å². The zero-order chi connectivity index (χ0) is 12.7. The van der Waals surface area contributed by atoms with Crippen LogP contribution in [0.2, 0.25) is 0 Å². The number of fused-ring (bicyclic) bond motifs is 1. The summed E-state index contributed by atoms with van der Waals surface area (Å²) >= 11 is 5.28. The van der Waals surface area contributed by atoms with E-state index in [0.717, 1.165) is 35.8 Å². The van der Waals surface area contributed by atoms with Crippen molar-refractivity contribution in [2.75, 3.05) is 0 Å². The molecule has 2 aromatic heterocycles. The van der Waals surface area contributed by atoms with E-state index < -0.39 is 0 Å².